The lowest BCUT2D eigenvalue weighted by Gasteiger charge is -2.10. The van der Waals surface area contributed by atoms with E-state index in [4.69, 9.17) is 5.26 Å². The molecule has 0 saturated carbocycles. The summed E-state index contributed by atoms with van der Waals surface area (Å²) in [6.07, 6.45) is -4.68. The Morgan fingerprint density at radius 1 is 1.25 bits per heavy atom. The molecule has 0 aliphatic rings. The molecule has 3 nitrogen and oxygen atoms in total. The van der Waals surface area contributed by atoms with Crippen molar-refractivity contribution in [3.05, 3.63) is 46.2 Å². The zero-order valence-corrected chi connectivity index (χ0v) is 10.9. The summed E-state index contributed by atoms with van der Waals surface area (Å²) in [6, 6.07) is 9.28. The second kappa shape index (κ2) is 5.84. The molecule has 0 atom stereocenters. The van der Waals surface area contributed by atoms with Gasteiger partial charge in [0.2, 0.25) is 0 Å². The van der Waals surface area contributed by atoms with Crippen LogP contribution in [0.15, 0.2) is 35.7 Å². The summed E-state index contributed by atoms with van der Waals surface area (Å²) in [7, 11) is 0. The highest BCUT2D eigenvalue weighted by Gasteiger charge is 2.30. The van der Waals surface area contributed by atoms with Crippen LogP contribution in [0.5, 0.6) is 5.75 Å². The summed E-state index contributed by atoms with van der Waals surface area (Å²) in [6.45, 7) is 0.506. The smallest absolute Gasteiger partial charge is 0.406 e. The van der Waals surface area contributed by atoms with E-state index in [9.17, 15) is 13.2 Å². The van der Waals surface area contributed by atoms with Gasteiger partial charge in [0.1, 0.15) is 11.8 Å². The molecule has 0 spiro atoms. The van der Waals surface area contributed by atoms with Gasteiger partial charge < -0.3 is 10.1 Å². The molecule has 0 unspecified atom stereocenters. The van der Waals surface area contributed by atoms with E-state index in [1.165, 1.54) is 35.6 Å². The van der Waals surface area contributed by atoms with Crippen LogP contribution in [-0.4, -0.2) is 6.36 Å². The first-order valence-corrected chi connectivity index (χ1v) is 6.41. The largest absolute Gasteiger partial charge is 0.573 e. The number of rotatable bonds is 4. The standard InChI is InChI=1S/C13H9F3N2OS/c14-13(15,16)19-11-3-1-10(2-4-11)18-7-12-5-9(6-17)8-20-12/h1-5,8,18H,7H2. The molecular formula is C13H9F3N2OS. The predicted molar refractivity (Wildman–Crippen MR) is 69.5 cm³/mol. The van der Waals surface area contributed by atoms with Gasteiger partial charge in [0, 0.05) is 22.5 Å². The minimum Gasteiger partial charge on any atom is -0.406 e. The predicted octanol–water partition coefficient (Wildman–Crippen LogP) is 4.13. The van der Waals surface area contributed by atoms with Crippen LogP contribution in [0.4, 0.5) is 18.9 Å². The number of nitriles is 1. The van der Waals surface area contributed by atoms with Gasteiger partial charge in [-0.15, -0.1) is 24.5 Å². The maximum absolute atomic E-state index is 12.0. The number of nitrogens with zero attached hydrogens (tertiary/aromatic N) is 1. The highest BCUT2D eigenvalue weighted by Crippen LogP contribution is 2.24. The summed E-state index contributed by atoms with van der Waals surface area (Å²) in [4.78, 5) is 0.970. The molecule has 0 amide bonds. The number of halogens is 3. The molecule has 1 aromatic carbocycles. The van der Waals surface area contributed by atoms with E-state index in [1.807, 2.05) is 6.07 Å². The van der Waals surface area contributed by atoms with Crippen LogP contribution in [-0.2, 0) is 6.54 Å². The first-order valence-electron chi connectivity index (χ1n) is 5.53. The SMILES string of the molecule is N#Cc1csc(CNc2ccc(OC(F)(F)F)cc2)c1. The quantitative estimate of drug-likeness (QED) is 0.923. The normalized spacial score (nSPS) is 10.9. The maximum atomic E-state index is 12.0. The van der Waals surface area contributed by atoms with Crippen LogP contribution in [0.1, 0.15) is 10.4 Å². The van der Waals surface area contributed by atoms with Gasteiger partial charge in [-0.3, -0.25) is 0 Å². The number of alkyl halides is 3. The Morgan fingerprint density at radius 2 is 1.95 bits per heavy atom. The minimum atomic E-state index is -4.68. The van der Waals surface area contributed by atoms with E-state index < -0.39 is 6.36 Å². The summed E-state index contributed by atoms with van der Waals surface area (Å²) in [5.74, 6) is -0.258. The van der Waals surface area contributed by atoms with E-state index in [2.05, 4.69) is 10.1 Å². The zero-order chi connectivity index (χ0) is 14.6. The van der Waals surface area contributed by atoms with Crippen molar-refractivity contribution in [1.29, 1.82) is 5.26 Å². The van der Waals surface area contributed by atoms with E-state index in [-0.39, 0.29) is 5.75 Å². The Morgan fingerprint density at radius 3 is 2.50 bits per heavy atom. The first kappa shape index (κ1) is 14.2. The van der Waals surface area contributed by atoms with E-state index >= 15 is 0 Å². The van der Waals surface area contributed by atoms with Gasteiger partial charge in [0.25, 0.3) is 0 Å². The first-order chi connectivity index (χ1) is 9.46. The molecular weight excluding hydrogens is 289 g/mol. The van der Waals surface area contributed by atoms with Gasteiger partial charge in [-0.05, 0) is 30.3 Å². The summed E-state index contributed by atoms with van der Waals surface area (Å²) in [5.41, 5.74) is 1.27. The number of benzene rings is 1. The minimum absolute atomic E-state index is 0.258. The van der Waals surface area contributed by atoms with Gasteiger partial charge in [0.15, 0.2) is 0 Å². The zero-order valence-electron chi connectivity index (χ0n) is 10.1. The molecule has 0 saturated heterocycles. The third kappa shape index (κ3) is 4.17. The Balaban J connectivity index is 1.92. The molecule has 7 heteroatoms. The number of hydrogen-bond donors (Lipinski definition) is 1. The Labute approximate surface area is 117 Å². The Kier molecular flexibility index (Phi) is 4.15. The number of ether oxygens (including phenoxy) is 1. The van der Waals surface area contributed by atoms with Crippen molar-refractivity contribution < 1.29 is 17.9 Å². The molecule has 0 radical (unpaired) electrons. The van der Waals surface area contributed by atoms with Crippen LogP contribution >= 0.6 is 11.3 Å². The molecule has 1 N–H and O–H groups in total. The number of anilines is 1. The maximum Gasteiger partial charge on any atom is 0.573 e. The van der Waals surface area contributed by atoms with Gasteiger partial charge in [-0.1, -0.05) is 0 Å². The van der Waals surface area contributed by atoms with Crippen molar-refractivity contribution in [2.45, 2.75) is 12.9 Å². The number of hydrogen-bond acceptors (Lipinski definition) is 4. The molecule has 2 rings (SSSR count). The van der Waals surface area contributed by atoms with E-state index in [0.717, 1.165) is 4.88 Å². The number of thiophene rings is 1. The molecule has 0 fully saturated rings. The molecule has 0 aliphatic carbocycles. The highest BCUT2D eigenvalue weighted by atomic mass is 32.1. The van der Waals surface area contributed by atoms with Crippen LogP contribution in [0.25, 0.3) is 0 Å². The van der Waals surface area contributed by atoms with Gasteiger partial charge in [-0.2, -0.15) is 5.26 Å². The highest BCUT2D eigenvalue weighted by molar-refractivity contribution is 7.10. The van der Waals surface area contributed by atoms with Crippen LogP contribution < -0.4 is 10.1 Å². The van der Waals surface area contributed by atoms with Crippen LogP contribution in [0.2, 0.25) is 0 Å². The summed E-state index contributed by atoms with van der Waals surface area (Å²) >= 11 is 1.45. The van der Waals surface area contributed by atoms with Gasteiger partial charge in [-0.25, -0.2) is 0 Å². The van der Waals surface area contributed by atoms with Crippen molar-refractivity contribution in [3.63, 3.8) is 0 Å². The summed E-state index contributed by atoms with van der Waals surface area (Å²) < 4.78 is 39.7. The van der Waals surface area contributed by atoms with Gasteiger partial charge >= 0.3 is 6.36 Å². The Hall–Kier alpha value is -2.20. The fraction of sp³-hybridized carbons (Fsp3) is 0.154. The second-order valence-corrected chi connectivity index (χ2v) is 4.84. The molecule has 0 bridgehead atoms. The lowest BCUT2D eigenvalue weighted by molar-refractivity contribution is -0.274. The van der Waals surface area contributed by atoms with E-state index in [0.29, 0.717) is 17.8 Å². The summed E-state index contributed by atoms with van der Waals surface area (Å²) in [5, 5.41) is 13.5. The van der Waals surface area contributed by atoms with Crippen LogP contribution in [0.3, 0.4) is 0 Å². The van der Waals surface area contributed by atoms with Crippen LogP contribution in [0, 0.1) is 11.3 Å². The fourth-order valence-electron chi connectivity index (χ4n) is 1.50. The molecule has 20 heavy (non-hydrogen) atoms. The van der Waals surface area contributed by atoms with Crippen molar-refractivity contribution in [2.75, 3.05) is 5.32 Å². The number of nitrogens with one attached hydrogen (secondary N) is 1. The van der Waals surface area contributed by atoms with Crippen molar-refractivity contribution >= 4 is 17.0 Å². The molecule has 104 valence electrons. The van der Waals surface area contributed by atoms with E-state index in [1.54, 1.807) is 11.4 Å². The average Bonchev–Trinajstić information content (AvgIpc) is 2.84. The molecule has 1 aromatic heterocycles. The van der Waals surface area contributed by atoms with Crippen molar-refractivity contribution in [2.24, 2.45) is 0 Å². The molecule has 0 aliphatic heterocycles. The molecule has 1 heterocycles. The fourth-order valence-corrected chi connectivity index (χ4v) is 2.25. The average molecular weight is 298 g/mol. The van der Waals surface area contributed by atoms with Crippen molar-refractivity contribution in [3.8, 4) is 11.8 Å². The lowest BCUT2D eigenvalue weighted by Crippen LogP contribution is -2.17. The third-order valence-corrected chi connectivity index (χ3v) is 3.27. The Bertz CT molecular complexity index is 614. The monoisotopic (exact) mass is 298 g/mol. The third-order valence-electron chi connectivity index (χ3n) is 2.34. The second-order valence-electron chi connectivity index (χ2n) is 3.84. The van der Waals surface area contributed by atoms with Crippen molar-refractivity contribution in [1.82, 2.24) is 0 Å². The molecule has 2 aromatic rings. The topological polar surface area (TPSA) is 45.0 Å². The lowest BCUT2D eigenvalue weighted by atomic mass is 10.3. The van der Waals surface area contributed by atoms with Gasteiger partial charge in [0.05, 0.1) is 5.56 Å².